The van der Waals surface area contributed by atoms with Crippen molar-refractivity contribution in [3.63, 3.8) is 0 Å². The number of hydrogen-bond acceptors (Lipinski definition) is 3. The molecule has 2 aromatic rings. The Morgan fingerprint density at radius 3 is 2.14 bits per heavy atom. The van der Waals surface area contributed by atoms with Gasteiger partial charge in [-0.15, -0.1) is 0 Å². The monoisotopic (exact) mass is 381 g/mol. The zero-order valence-electron chi connectivity index (χ0n) is 17.6. The van der Waals surface area contributed by atoms with Crippen molar-refractivity contribution in [3.05, 3.63) is 59.4 Å². The molecule has 0 aliphatic carbocycles. The second-order valence-corrected chi connectivity index (χ2v) is 8.00. The maximum Gasteiger partial charge on any atom is 0.272 e. The van der Waals surface area contributed by atoms with Crippen LogP contribution in [-0.2, 0) is 5.41 Å². The van der Waals surface area contributed by atoms with Gasteiger partial charge in [-0.05, 0) is 48.1 Å². The van der Waals surface area contributed by atoms with Gasteiger partial charge < -0.3 is 10.2 Å². The summed E-state index contributed by atoms with van der Waals surface area (Å²) in [4.78, 5) is 31.3. The van der Waals surface area contributed by atoms with E-state index in [9.17, 15) is 9.59 Å². The summed E-state index contributed by atoms with van der Waals surface area (Å²) in [5.41, 5.74) is 2.71. The molecule has 0 aliphatic heterocycles. The van der Waals surface area contributed by atoms with Crippen molar-refractivity contribution in [3.8, 4) is 0 Å². The van der Waals surface area contributed by atoms with E-state index in [4.69, 9.17) is 0 Å². The van der Waals surface area contributed by atoms with Crippen LogP contribution in [0.25, 0.3) is 0 Å². The van der Waals surface area contributed by atoms with Crippen molar-refractivity contribution >= 4 is 17.5 Å². The van der Waals surface area contributed by atoms with E-state index in [0.29, 0.717) is 24.3 Å². The molecule has 0 unspecified atom stereocenters. The highest BCUT2D eigenvalue weighted by Crippen LogP contribution is 2.23. The lowest BCUT2D eigenvalue weighted by molar-refractivity contribution is 0.0749. The first-order valence-corrected chi connectivity index (χ1v) is 9.93. The van der Waals surface area contributed by atoms with Gasteiger partial charge in [0.2, 0.25) is 0 Å². The zero-order chi connectivity index (χ0) is 20.7. The number of nitrogens with zero attached hydrogens (tertiary/aromatic N) is 2. The fourth-order valence-electron chi connectivity index (χ4n) is 2.96. The molecule has 0 aliphatic rings. The number of rotatable bonds is 7. The van der Waals surface area contributed by atoms with Crippen molar-refractivity contribution in [1.29, 1.82) is 0 Å². The molecule has 1 heterocycles. The molecule has 0 saturated heterocycles. The van der Waals surface area contributed by atoms with Crippen LogP contribution in [0.5, 0.6) is 0 Å². The predicted molar refractivity (Wildman–Crippen MR) is 114 cm³/mol. The Morgan fingerprint density at radius 2 is 1.61 bits per heavy atom. The normalized spacial score (nSPS) is 11.2. The minimum absolute atomic E-state index is 0.0613. The van der Waals surface area contributed by atoms with Gasteiger partial charge in [-0.25, -0.2) is 0 Å². The van der Waals surface area contributed by atoms with E-state index in [1.165, 1.54) is 11.8 Å². The summed E-state index contributed by atoms with van der Waals surface area (Å²) in [6, 6.07) is 11.0. The van der Waals surface area contributed by atoms with Crippen molar-refractivity contribution in [2.24, 2.45) is 0 Å². The zero-order valence-corrected chi connectivity index (χ0v) is 17.6. The molecular formula is C23H31N3O2. The molecule has 0 bridgehead atoms. The van der Waals surface area contributed by atoms with Crippen molar-refractivity contribution in [2.45, 2.75) is 52.9 Å². The number of nitrogens with one attached hydrogen (secondary N) is 1. The van der Waals surface area contributed by atoms with Crippen molar-refractivity contribution in [1.82, 2.24) is 9.88 Å². The Morgan fingerprint density at radius 1 is 1.00 bits per heavy atom. The van der Waals surface area contributed by atoms with Gasteiger partial charge in [0.05, 0.1) is 0 Å². The van der Waals surface area contributed by atoms with Crippen LogP contribution in [-0.4, -0.2) is 34.8 Å². The molecule has 150 valence electrons. The van der Waals surface area contributed by atoms with Crippen LogP contribution < -0.4 is 5.32 Å². The summed E-state index contributed by atoms with van der Waals surface area (Å²) in [7, 11) is 0. The predicted octanol–water partition coefficient (Wildman–Crippen LogP) is 4.89. The Hall–Kier alpha value is -2.69. The van der Waals surface area contributed by atoms with E-state index in [0.717, 1.165) is 18.5 Å². The molecule has 1 N–H and O–H groups in total. The van der Waals surface area contributed by atoms with E-state index in [2.05, 4.69) is 31.1 Å². The Labute approximate surface area is 168 Å². The fraction of sp³-hybridized carbons (Fsp3) is 0.435. The third-order valence-electron chi connectivity index (χ3n) is 4.52. The topological polar surface area (TPSA) is 62.3 Å². The van der Waals surface area contributed by atoms with Gasteiger partial charge in [0.15, 0.2) is 0 Å². The Bertz CT molecular complexity index is 801. The molecule has 0 atom stereocenters. The Kier molecular flexibility index (Phi) is 7.32. The maximum absolute atomic E-state index is 12.7. The van der Waals surface area contributed by atoms with Gasteiger partial charge in [-0.2, -0.15) is 0 Å². The molecule has 1 aromatic carbocycles. The van der Waals surface area contributed by atoms with Gasteiger partial charge in [0.1, 0.15) is 5.69 Å². The largest absolute Gasteiger partial charge is 0.337 e. The van der Waals surface area contributed by atoms with E-state index in [-0.39, 0.29) is 17.2 Å². The van der Waals surface area contributed by atoms with Crippen molar-refractivity contribution in [2.75, 3.05) is 18.4 Å². The summed E-state index contributed by atoms with van der Waals surface area (Å²) >= 11 is 0. The van der Waals surface area contributed by atoms with E-state index >= 15 is 0 Å². The van der Waals surface area contributed by atoms with Crippen LogP contribution in [0, 0.1) is 0 Å². The van der Waals surface area contributed by atoms with E-state index in [1.807, 2.05) is 38.1 Å². The van der Waals surface area contributed by atoms with Crippen LogP contribution >= 0.6 is 0 Å². The first-order valence-electron chi connectivity index (χ1n) is 9.93. The third kappa shape index (κ3) is 5.65. The minimum atomic E-state index is -0.252. The minimum Gasteiger partial charge on any atom is -0.337 e. The molecule has 0 saturated carbocycles. The van der Waals surface area contributed by atoms with Gasteiger partial charge >= 0.3 is 0 Å². The standard InChI is InChI=1S/C23H31N3O2/c1-6-14-26(15-7-2)22(28)20-16-17(12-13-24-20)21(27)25-19-10-8-18(9-11-19)23(3,4)5/h8-13,16H,6-7,14-15H2,1-5H3,(H,25,27). The lowest BCUT2D eigenvalue weighted by Crippen LogP contribution is -2.33. The fourth-order valence-corrected chi connectivity index (χ4v) is 2.96. The number of pyridine rings is 1. The average Bonchev–Trinajstić information content (AvgIpc) is 2.67. The summed E-state index contributed by atoms with van der Waals surface area (Å²) in [6.07, 6.45) is 3.29. The number of carbonyl (C=O) groups excluding carboxylic acids is 2. The number of aromatic nitrogens is 1. The summed E-state index contributed by atoms with van der Waals surface area (Å²) in [6.45, 7) is 11.9. The van der Waals surface area contributed by atoms with Crippen LogP contribution in [0.3, 0.4) is 0 Å². The summed E-state index contributed by atoms with van der Waals surface area (Å²) < 4.78 is 0. The lowest BCUT2D eigenvalue weighted by atomic mass is 9.87. The third-order valence-corrected chi connectivity index (χ3v) is 4.52. The first-order chi connectivity index (χ1) is 13.3. The van der Waals surface area contributed by atoms with E-state index in [1.54, 1.807) is 17.0 Å². The highest BCUT2D eigenvalue weighted by Gasteiger charge is 2.18. The van der Waals surface area contributed by atoms with Crippen LogP contribution in [0.15, 0.2) is 42.6 Å². The molecular weight excluding hydrogens is 350 g/mol. The second kappa shape index (κ2) is 9.49. The molecule has 5 nitrogen and oxygen atoms in total. The SMILES string of the molecule is CCCN(CCC)C(=O)c1cc(C(=O)Nc2ccc(C(C)(C)C)cc2)ccn1. The molecule has 28 heavy (non-hydrogen) atoms. The number of carbonyl (C=O) groups is 2. The molecule has 1 aromatic heterocycles. The average molecular weight is 382 g/mol. The highest BCUT2D eigenvalue weighted by atomic mass is 16.2. The van der Waals surface area contributed by atoms with Gasteiger partial charge in [0, 0.05) is 30.5 Å². The maximum atomic E-state index is 12.7. The number of anilines is 1. The number of amides is 2. The summed E-state index contributed by atoms with van der Waals surface area (Å²) in [5, 5.41) is 2.89. The lowest BCUT2D eigenvalue weighted by Gasteiger charge is -2.21. The molecule has 0 fully saturated rings. The van der Waals surface area contributed by atoms with Gasteiger partial charge in [-0.3, -0.25) is 14.6 Å². The molecule has 0 radical (unpaired) electrons. The molecule has 5 heteroatoms. The molecule has 0 spiro atoms. The van der Waals surface area contributed by atoms with Crippen LogP contribution in [0.2, 0.25) is 0 Å². The van der Waals surface area contributed by atoms with Crippen molar-refractivity contribution < 1.29 is 9.59 Å². The second-order valence-electron chi connectivity index (χ2n) is 8.00. The molecule has 2 rings (SSSR count). The van der Waals surface area contributed by atoms with Crippen LogP contribution in [0.1, 0.15) is 73.9 Å². The smallest absolute Gasteiger partial charge is 0.272 e. The molecule has 2 amide bonds. The number of hydrogen-bond donors (Lipinski definition) is 1. The first kappa shape index (κ1) is 21.6. The van der Waals surface area contributed by atoms with Gasteiger partial charge in [-0.1, -0.05) is 46.8 Å². The van der Waals surface area contributed by atoms with Crippen LogP contribution in [0.4, 0.5) is 5.69 Å². The number of benzene rings is 1. The highest BCUT2D eigenvalue weighted by molar-refractivity contribution is 6.05. The van der Waals surface area contributed by atoms with Gasteiger partial charge in [0.25, 0.3) is 11.8 Å². The Balaban J connectivity index is 2.14. The van der Waals surface area contributed by atoms with E-state index < -0.39 is 0 Å². The quantitative estimate of drug-likeness (QED) is 0.742. The summed E-state index contributed by atoms with van der Waals surface area (Å²) in [5.74, 6) is -0.384.